The maximum Gasteiger partial charge on any atom is 0.415 e. The van der Waals surface area contributed by atoms with Gasteiger partial charge in [-0.1, -0.05) is 53.7 Å². The Hall–Kier alpha value is -4.46. The van der Waals surface area contributed by atoms with Crippen LogP contribution in [0.3, 0.4) is 0 Å². The fourth-order valence-electron chi connectivity index (χ4n) is 4.12. The molecule has 1 aliphatic rings. The van der Waals surface area contributed by atoms with Crippen LogP contribution in [0.2, 0.25) is 0 Å². The molecule has 2 heterocycles. The second-order valence-corrected chi connectivity index (χ2v) is 8.24. The molecule has 1 amide bonds. The van der Waals surface area contributed by atoms with Crippen LogP contribution in [0.25, 0.3) is 11.5 Å². The quantitative estimate of drug-likeness (QED) is 0.361. The van der Waals surface area contributed by atoms with E-state index < -0.39 is 6.09 Å². The topological polar surface area (TPSA) is 94.8 Å². The Morgan fingerprint density at radius 1 is 0.971 bits per heavy atom. The molecule has 0 N–H and O–H groups in total. The van der Waals surface area contributed by atoms with Crippen molar-refractivity contribution in [1.29, 1.82) is 0 Å². The Morgan fingerprint density at radius 3 is 2.49 bits per heavy atom. The van der Waals surface area contributed by atoms with Gasteiger partial charge in [-0.3, -0.25) is 0 Å². The van der Waals surface area contributed by atoms with Crippen molar-refractivity contribution in [2.24, 2.45) is 5.92 Å². The lowest BCUT2D eigenvalue weighted by atomic mass is 9.90. The van der Waals surface area contributed by atoms with Crippen LogP contribution < -0.4 is 9.47 Å². The number of rotatable bonds is 7. The minimum atomic E-state index is -0.468. The molecule has 1 aliphatic heterocycles. The standard InChI is InChI=1S/C27H23N3O5/c31-17-21-15-30(27(32)34-22-11-5-2-6-12-22)16-24(21)20-10-7-13-23(14-20)33-18-25-28-26(35-29-25)19-8-3-1-4-9-19/h1-14,17,21,24H,15-16,18H2/t21?,24-/m0/s1. The summed E-state index contributed by atoms with van der Waals surface area (Å²) in [5.41, 5.74) is 1.75. The van der Waals surface area contributed by atoms with Crippen molar-refractivity contribution in [3.8, 4) is 23.0 Å². The molecule has 4 aromatic rings. The van der Waals surface area contributed by atoms with Gasteiger partial charge in [0.1, 0.15) is 17.8 Å². The van der Waals surface area contributed by atoms with E-state index in [0.717, 1.165) is 17.4 Å². The zero-order valence-corrected chi connectivity index (χ0v) is 18.8. The van der Waals surface area contributed by atoms with Crippen molar-refractivity contribution in [2.75, 3.05) is 13.1 Å². The molecule has 0 saturated carbocycles. The smallest absolute Gasteiger partial charge is 0.415 e. The molecule has 1 saturated heterocycles. The zero-order valence-electron chi connectivity index (χ0n) is 18.8. The van der Waals surface area contributed by atoms with Crippen LogP contribution >= 0.6 is 0 Å². The predicted octanol–water partition coefficient (Wildman–Crippen LogP) is 4.73. The summed E-state index contributed by atoms with van der Waals surface area (Å²) in [5, 5.41) is 3.98. The van der Waals surface area contributed by atoms with Gasteiger partial charge in [0.05, 0.1) is 0 Å². The van der Waals surface area contributed by atoms with E-state index in [0.29, 0.717) is 36.3 Å². The lowest BCUT2D eigenvalue weighted by Crippen LogP contribution is -2.31. The molecular formula is C27H23N3O5. The number of ether oxygens (including phenoxy) is 2. The first-order chi connectivity index (χ1) is 17.2. The normalized spacial score (nSPS) is 17.2. The molecule has 35 heavy (non-hydrogen) atoms. The minimum Gasteiger partial charge on any atom is -0.485 e. The Morgan fingerprint density at radius 2 is 1.71 bits per heavy atom. The van der Waals surface area contributed by atoms with Crippen LogP contribution in [-0.2, 0) is 11.4 Å². The molecule has 2 atom stereocenters. The van der Waals surface area contributed by atoms with E-state index in [4.69, 9.17) is 14.0 Å². The van der Waals surface area contributed by atoms with Gasteiger partial charge in [-0.25, -0.2) is 4.79 Å². The molecule has 0 radical (unpaired) electrons. The molecule has 0 spiro atoms. The van der Waals surface area contributed by atoms with Gasteiger partial charge in [0.25, 0.3) is 5.89 Å². The Labute approximate surface area is 202 Å². The Kier molecular flexibility index (Phi) is 6.52. The third-order valence-corrected chi connectivity index (χ3v) is 5.89. The van der Waals surface area contributed by atoms with Crippen LogP contribution in [0.5, 0.6) is 11.5 Å². The number of hydrogen-bond donors (Lipinski definition) is 0. The number of carbonyl (C=O) groups is 2. The van der Waals surface area contributed by atoms with Gasteiger partial charge < -0.3 is 23.7 Å². The number of amides is 1. The lowest BCUT2D eigenvalue weighted by Gasteiger charge is -2.16. The third-order valence-electron chi connectivity index (χ3n) is 5.89. The predicted molar refractivity (Wildman–Crippen MR) is 127 cm³/mol. The van der Waals surface area contributed by atoms with Gasteiger partial charge >= 0.3 is 6.09 Å². The maximum absolute atomic E-state index is 12.6. The van der Waals surface area contributed by atoms with E-state index in [9.17, 15) is 9.59 Å². The summed E-state index contributed by atoms with van der Waals surface area (Å²) in [4.78, 5) is 30.4. The summed E-state index contributed by atoms with van der Waals surface area (Å²) in [6.07, 6.45) is 0.433. The summed E-state index contributed by atoms with van der Waals surface area (Å²) >= 11 is 0. The van der Waals surface area contributed by atoms with Crippen molar-refractivity contribution in [2.45, 2.75) is 12.5 Å². The largest absolute Gasteiger partial charge is 0.485 e. The number of nitrogens with zero attached hydrogens (tertiary/aromatic N) is 3. The van der Waals surface area contributed by atoms with Crippen LogP contribution in [0.4, 0.5) is 4.79 Å². The molecule has 1 unspecified atom stereocenters. The molecule has 5 rings (SSSR count). The Balaban J connectivity index is 1.23. The summed E-state index contributed by atoms with van der Waals surface area (Å²) in [6, 6.07) is 25.9. The van der Waals surface area contributed by atoms with Gasteiger partial charge in [-0.15, -0.1) is 0 Å². The van der Waals surface area contributed by atoms with Crippen molar-refractivity contribution in [3.63, 3.8) is 0 Å². The summed E-state index contributed by atoms with van der Waals surface area (Å²) < 4.78 is 16.6. The van der Waals surface area contributed by atoms with Crippen molar-refractivity contribution in [1.82, 2.24) is 15.0 Å². The summed E-state index contributed by atoms with van der Waals surface area (Å²) in [6.45, 7) is 0.816. The second-order valence-electron chi connectivity index (χ2n) is 8.24. The molecule has 1 aromatic heterocycles. The maximum atomic E-state index is 12.6. The van der Waals surface area contributed by atoms with Gasteiger partial charge in [-0.2, -0.15) is 4.98 Å². The fourth-order valence-corrected chi connectivity index (χ4v) is 4.12. The first-order valence-corrected chi connectivity index (χ1v) is 11.3. The highest BCUT2D eigenvalue weighted by Crippen LogP contribution is 2.34. The van der Waals surface area contributed by atoms with E-state index in [-0.39, 0.29) is 18.4 Å². The van der Waals surface area contributed by atoms with Crippen LogP contribution in [0.1, 0.15) is 17.3 Å². The summed E-state index contributed by atoms with van der Waals surface area (Å²) in [5.74, 6) is 1.45. The average molecular weight is 469 g/mol. The molecule has 1 fully saturated rings. The van der Waals surface area contributed by atoms with E-state index in [2.05, 4.69) is 10.1 Å². The summed E-state index contributed by atoms with van der Waals surface area (Å²) in [7, 11) is 0. The molecule has 3 aromatic carbocycles. The van der Waals surface area contributed by atoms with Crippen molar-refractivity contribution < 1.29 is 23.6 Å². The van der Waals surface area contributed by atoms with Gasteiger partial charge in [0.15, 0.2) is 6.61 Å². The number of aromatic nitrogens is 2. The van der Waals surface area contributed by atoms with Gasteiger partial charge in [0.2, 0.25) is 5.82 Å². The highest BCUT2D eigenvalue weighted by Gasteiger charge is 2.37. The first-order valence-electron chi connectivity index (χ1n) is 11.3. The number of benzene rings is 3. The molecular weight excluding hydrogens is 446 g/mol. The first kappa shape index (κ1) is 22.3. The fraction of sp³-hybridized carbons (Fsp3) is 0.185. The van der Waals surface area contributed by atoms with E-state index in [1.807, 2.05) is 60.7 Å². The third kappa shape index (κ3) is 5.22. The Bertz CT molecular complexity index is 1290. The highest BCUT2D eigenvalue weighted by molar-refractivity contribution is 5.73. The number of carbonyl (C=O) groups excluding carboxylic acids is 2. The van der Waals surface area contributed by atoms with E-state index in [1.165, 1.54) is 0 Å². The number of likely N-dealkylation sites (tertiary alicyclic amines) is 1. The lowest BCUT2D eigenvalue weighted by molar-refractivity contribution is -0.111. The van der Waals surface area contributed by atoms with Crippen LogP contribution in [0, 0.1) is 5.92 Å². The van der Waals surface area contributed by atoms with Crippen molar-refractivity contribution >= 4 is 12.4 Å². The van der Waals surface area contributed by atoms with E-state index in [1.54, 1.807) is 29.2 Å². The number of para-hydroxylation sites is 1. The number of hydrogen-bond acceptors (Lipinski definition) is 7. The van der Waals surface area contributed by atoms with Crippen LogP contribution in [0.15, 0.2) is 89.5 Å². The minimum absolute atomic E-state index is 0.136. The van der Waals surface area contributed by atoms with Crippen molar-refractivity contribution in [3.05, 3.63) is 96.3 Å². The van der Waals surface area contributed by atoms with E-state index >= 15 is 0 Å². The van der Waals surface area contributed by atoms with Gasteiger partial charge in [0, 0.05) is 30.5 Å². The monoisotopic (exact) mass is 469 g/mol. The second kappa shape index (κ2) is 10.2. The van der Waals surface area contributed by atoms with Crippen LogP contribution in [-0.4, -0.2) is 40.5 Å². The number of aldehydes is 1. The molecule has 8 nitrogen and oxygen atoms in total. The van der Waals surface area contributed by atoms with Gasteiger partial charge in [-0.05, 0) is 42.0 Å². The molecule has 8 heteroatoms. The zero-order chi connectivity index (χ0) is 24.0. The molecule has 176 valence electrons. The SMILES string of the molecule is O=CC1CN(C(=O)Oc2ccccc2)C[C@H]1c1cccc(OCc2noc(-c3ccccc3)n2)c1. The molecule has 0 aliphatic carbocycles. The average Bonchev–Trinajstić information content (AvgIpc) is 3.56. The highest BCUT2D eigenvalue weighted by atomic mass is 16.6. The molecule has 0 bridgehead atoms.